The molecule has 11 heteroatoms. The number of hydrogen-bond acceptors (Lipinski definition) is 5. The number of aromatic nitrogens is 4. The van der Waals surface area contributed by atoms with Crippen molar-refractivity contribution >= 4 is 17.4 Å². The molecule has 0 N–H and O–H groups in total. The van der Waals surface area contributed by atoms with Crippen molar-refractivity contribution in [3.63, 3.8) is 0 Å². The molecule has 184 valence electrons. The summed E-state index contributed by atoms with van der Waals surface area (Å²) in [5.74, 6) is 1.71. The number of pyridine rings is 1. The Morgan fingerprint density at radius 1 is 1.00 bits per heavy atom. The van der Waals surface area contributed by atoms with E-state index in [-0.39, 0.29) is 37.7 Å². The van der Waals surface area contributed by atoms with Gasteiger partial charge in [-0.2, -0.15) is 13.2 Å². The molecule has 35 heavy (non-hydrogen) atoms. The number of benzene rings is 1. The van der Waals surface area contributed by atoms with Gasteiger partial charge in [-0.3, -0.25) is 9.47 Å². The van der Waals surface area contributed by atoms with Gasteiger partial charge in [0.1, 0.15) is 23.0 Å². The van der Waals surface area contributed by atoms with Crippen LogP contribution in [0.4, 0.5) is 23.4 Å². The third-order valence-electron chi connectivity index (χ3n) is 7.48. The van der Waals surface area contributed by atoms with Gasteiger partial charge >= 0.3 is 6.18 Å². The Balaban J connectivity index is 1.32. The van der Waals surface area contributed by atoms with Gasteiger partial charge in [0, 0.05) is 30.6 Å². The molecule has 1 saturated carbocycles. The van der Waals surface area contributed by atoms with Crippen LogP contribution in [0.15, 0.2) is 36.5 Å². The predicted molar refractivity (Wildman–Crippen MR) is 122 cm³/mol. The number of rotatable bonds is 3. The fraction of sp³-hybridized carbons (Fsp3) is 0.458. The van der Waals surface area contributed by atoms with Crippen LogP contribution in [0.5, 0.6) is 0 Å². The van der Waals surface area contributed by atoms with Crippen molar-refractivity contribution in [2.24, 2.45) is 0 Å². The SMILES string of the molecule is Fc1ccc(N2CCC(c3nnc4n3-c3ccc(Cl)cc3CN(C3(C(F)(F)F)CC3)C4)CC2)nc1. The van der Waals surface area contributed by atoms with Crippen LogP contribution in [0.25, 0.3) is 5.69 Å². The van der Waals surface area contributed by atoms with Crippen molar-refractivity contribution in [2.45, 2.75) is 56.4 Å². The van der Waals surface area contributed by atoms with Crippen molar-refractivity contribution in [3.05, 3.63) is 64.6 Å². The minimum atomic E-state index is -4.31. The first-order valence-corrected chi connectivity index (χ1v) is 12.0. The molecule has 6 rings (SSSR count). The lowest BCUT2D eigenvalue weighted by molar-refractivity contribution is -0.200. The van der Waals surface area contributed by atoms with E-state index in [2.05, 4.69) is 20.1 Å². The van der Waals surface area contributed by atoms with E-state index in [1.807, 2.05) is 10.6 Å². The molecule has 6 nitrogen and oxygen atoms in total. The van der Waals surface area contributed by atoms with E-state index in [1.54, 1.807) is 18.2 Å². The Labute approximate surface area is 204 Å². The molecule has 0 spiro atoms. The molecule has 4 heterocycles. The molecular weight excluding hydrogens is 484 g/mol. The monoisotopic (exact) mass is 506 g/mol. The first-order chi connectivity index (χ1) is 16.7. The summed E-state index contributed by atoms with van der Waals surface area (Å²) in [6, 6.07) is 8.42. The van der Waals surface area contributed by atoms with E-state index in [1.165, 1.54) is 17.2 Å². The summed E-state index contributed by atoms with van der Waals surface area (Å²) in [5.41, 5.74) is -0.297. The lowest BCUT2D eigenvalue weighted by atomic mass is 9.95. The molecular formula is C24H23ClF4N6. The normalized spacial score (nSPS) is 20.3. The van der Waals surface area contributed by atoms with Gasteiger partial charge in [0.05, 0.1) is 18.4 Å². The molecule has 3 aliphatic rings. The highest BCUT2D eigenvalue weighted by molar-refractivity contribution is 6.30. The Kier molecular flexibility index (Phi) is 5.30. The van der Waals surface area contributed by atoms with Gasteiger partial charge in [-0.25, -0.2) is 9.37 Å². The van der Waals surface area contributed by atoms with Crippen molar-refractivity contribution in [3.8, 4) is 5.69 Å². The maximum atomic E-state index is 14.0. The van der Waals surface area contributed by atoms with E-state index in [9.17, 15) is 17.6 Å². The number of piperidine rings is 1. The quantitative estimate of drug-likeness (QED) is 0.454. The van der Waals surface area contributed by atoms with Crippen molar-refractivity contribution in [1.82, 2.24) is 24.6 Å². The second-order valence-corrected chi connectivity index (χ2v) is 10.0. The number of anilines is 1. The summed E-state index contributed by atoms with van der Waals surface area (Å²) >= 11 is 6.25. The summed E-state index contributed by atoms with van der Waals surface area (Å²) < 4.78 is 57.2. The largest absolute Gasteiger partial charge is 0.406 e. The molecule has 1 aromatic carbocycles. The van der Waals surface area contributed by atoms with E-state index in [0.29, 0.717) is 23.9 Å². The van der Waals surface area contributed by atoms with E-state index in [4.69, 9.17) is 11.6 Å². The lowest BCUT2D eigenvalue weighted by Crippen LogP contribution is -2.47. The zero-order valence-corrected chi connectivity index (χ0v) is 19.5. The number of alkyl halides is 3. The molecule has 1 saturated heterocycles. The smallest absolute Gasteiger partial charge is 0.357 e. The van der Waals surface area contributed by atoms with Crippen LogP contribution in [0.2, 0.25) is 5.02 Å². The summed E-state index contributed by atoms with van der Waals surface area (Å²) in [4.78, 5) is 7.77. The number of hydrogen-bond donors (Lipinski definition) is 0. The standard InChI is InChI=1S/C24H23ClF4N6/c25-17-1-3-19-16(11-17)13-34(23(7-8-23)24(27,28)29)14-21-31-32-22(35(19)21)15-5-9-33(10-6-15)20-4-2-18(26)12-30-20/h1-4,11-12,15H,5-10,13-14H2. The molecule has 2 fully saturated rings. The first-order valence-electron chi connectivity index (χ1n) is 11.7. The van der Waals surface area contributed by atoms with E-state index < -0.39 is 11.7 Å². The van der Waals surface area contributed by atoms with Crippen molar-refractivity contribution in [2.75, 3.05) is 18.0 Å². The minimum Gasteiger partial charge on any atom is -0.357 e. The van der Waals surface area contributed by atoms with Gasteiger partial charge in [0.15, 0.2) is 5.82 Å². The average Bonchev–Trinajstić information content (AvgIpc) is 3.58. The lowest BCUT2D eigenvalue weighted by Gasteiger charge is -2.32. The Bertz CT molecular complexity index is 1250. The zero-order valence-electron chi connectivity index (χ0n) is 18.8. The highest BCUT2D eigenvalue weighted by Crippen LogP contribution is 2.55. The average molecular weight is 507 g/mol. The Hall–Kier alpha value is -2.72. The van der Waals surface area contributed by atoms with Gasteiger partial charge in [-0.05, 0) is 61.6 Å². The van der Waals surface area contributed by atoms with Crippen LogP contribution < -0.4 is 4.90 Å². The third kappa shape index (κ3) is 3.87. The van der Waals surface area contributed by atoms with Crippen molar-refractivity contribution < 1.29 is 17.6 Å². The molecule has 0 atom stereocenters. The highest BCUT2D eigenvalue weighted by Gasteiger charge is 2.66. The first kappa shape index (κ1) is 22.7. The second kappa shape index (κ2) is 8.16. The zero-order chi connectivity index (χ0) is 24.4. The molecule has 3 aromatic rings. The number of nitrogens with zero attached hydrogens (tertiary/aromatic N) is 6. The number of halogens is 5. The molecule has 1 aliphatic carbocycles. The summed E-state index contributed by atoms with van der Waals surface area (Å²) in [5, 5.41) is 9.34. The molecule has 2 aliphatic heterocycles. The predicted octanol–water partition coefficient (Wildman–Crippen LogP) is 5.25. The van der Waals surface area contributed by atoms with Gasteiger partial charge in [0.2, 0.25) is 0 Å². The molecule has 2 aromatic heterocycles. The molecule has 0 bridgehead atoms. The number of fused-ring (bicyclic) bond motifs is 3. The van der Waals surface area contributed by atoms with Gasteiger partial charge in [-0.15, -0.1) is 10.2 Å². The van der Waals surface area contributed by atoms with Gasteiger partial charge in [-0.1, -0.05) is 11.6 Å². The van der Waals surface area contributed by atoms with Crippen LogP contribution in [0.1, 0.15) is 48.8 Å². The Morgan fingerprint density at radius 2 is 1.77 bits per heavy atom. The third-order valence-corrected chi connectivity index (χ3v) is 7.72. The summed E-state index contributed by atoms with van der Waals surface area (Å²) in [7, 11) is 0. The van der Waals surface area contributed by atoms with E-state index >= 15 is 0 Å². The minimum absolute atomic E-state index is 0.0666. The summed E-state index contributed by atoms with van der Waals surface area (Å²) in [6.45, 7) is 1.63. The fourth-order valence-electron chi connectivity index (χ4n) is 5.41. The Morgan fingerprint density at radius 3 is 2.43 bits per heavy atom. The fourth-order valence-corrected chi connectivity index (χ4v) is 5.61. The maximum absolute atomic E-state index is 14.0. The summed E-state index contributed by atoms with van der Waals surface area (Å²) in [6.07, 6.45) is -1.38. The van der Waals surface area contributed by atoms with Gasteiger partial charge < -0.3 is 4.90 Å². The maximum Gasteiger partial charge on any atom is 0.406 e. The van der Waals surface area contributed by atoms with Crippen molar-refractivity contribution in [1.29, 1.82) is 0 Å². The van der Waals surface area contributed by atoms with E-state index in [0.717, 1.165) is 35.7 Å². The highest BCUT2D eigenvalue weighted by atomic mass is 35.5. The second-order valence-electron chi connectivity index (χ2n) is 9.56. The van der Waals surface area contributed by atoms with Gasteiger partial charge in [0.25, 0.3) is 0 Å². The molecule has 0 unspecified atom stereocenters. The van der Waals surface area contributed by atoms with Crippen LogP contribution in [0, 0.1) is 5.82 Å². The molecule has 0 amide bonds. The van der Waals surface area contributed by atoms with Crippen LogP contribution in [0.3, 0.4) is 0 Å². The van der Waals surface area contributed by atoms with Crippen LogP contribution in [-0.2, 0) is 13.1 Å². The van der Waals surface area contributed by atoms with Crippen LogP contribution >= 0.6 is 11.6 Å². The topological polar surface area (TPSA) is 50.1 Å². The van der Waals surface area contributed by atoms with Crippen LogP contribution in [-0.4, -0.2) is 49.5 Å². The molecule has 0 radical (unpaired) electrons.